The molecule has 3 rings (SSSR count). The molecule has 3 aromatic rings. The molecule has 0 radical (unpaired) electrons. The quantitative estimate of drug-likeness (QED) is 0.271. The van der Waals surface area contributed by atoms with E-state index in [4.69, 9.17) is 4.74 Å². The summed E-state index contributed by atoms with van der Waals surface area (Å²) in [6, 6.07) is 8.18. The first-order valence-electron chi connectivity index (χ1n) is 11.2. The molecule has 2 atom stereocenters. The van der Waals surface area contributed by atoms with Crippen LogP contribution in [0.15, 0.2) is 66.9 Å². The number of hydrogen-bond acceptors (Lipinski definition) is 4. The molecule has 0 saturated heterocycles. The van der Waals surface area contributed by atoms with Gasteiger partial charge in [-0.15, -0.1) is 0 Å². The monoisotopic (exact) mass is 588 g/mol. The summed E-state index contributed by atoms with van der Waals surface area (Å²) in [5.41, 5.74) is -3.09. The van der Waals surface area contributed by atoms with Crippen LogP contribution in [0, 0.1) is 0 Å². The van der Waals surface area contributed by atoms with E-state index in [1.165, 1.54) is 25.1 Å². The number of nitrogens with zero attached hydrogens (tertiary/aromatic N) is 2. The fourth-order valence-electron chi connectivity index (χ4n) is 3.61. The SMILES string of the molecule is CC(c1cccc(C(F)(F)C(F)(F)F)c1)N(C[C@@H](O)C(F)(F)F)c1cccc(Oc2ccnc(C(F)(F)F)c2)c1. The lowest BCUT2D eigenvalue weighted by atomic mass is 9.99. The first kappa shape index (κ1) is 30.9. The Kier molecular flexibility index (Phi) is 8.58. The van der Waals surface area contributed by atoms with Crippen LogP contribution in [0.4, 0.5) is 54.0 Å². The Labute approximate surface area is 219 Å². The van der Waals surface area contributed by atoms with Crippen LogP contribution in [0.25, 0.3) is 0 Å². The zero-order valence-electron chi connectivity index (χ0n) is 20.1. The Bertz CT molecular complexity index is 1310. The molecule has 0 aliphatic heterocycles. The topological polar surface area (TPSA) is 45.6 Å². The minimum Gasteiger partial charge on any atom is -0.457 e. The average molecular weight is 588 g/mol. The van der Waals surface area contributed by atoms with Crippen LogP contribution < -0.4 is 9.64 Å². The molecule has 1 N–H and O–H groups in total. The number of rotatable bonds is 8. The maximum atomic E-state index is 13.9. The van der Waals surface area contributed by atoms with Gasteiger partial charge in [-0.2, -0.15) is 48.3 Å². The highest BCUT2D eigenvalue weighted by atomic mass is 19.4. The van der Waals surface area contributed by atoms with Gasteiger partial charge in [-0.25, -0.2) is 0 Å². The zero-order chi connectivity index (χ0) is 30.1. The molecule has 1 heterocycles. The molecule has 2 aromatic carbocycles. The number of anilines is 1. The predicted octanol–water partition coefficient (Wildman–Crippen LogP) is 8.04. The molecular formula is C25H19F11N2O2. The number of benzene rings is 2. The van der Waals surface area contributed by atoms with Gasteiger partial charge in [0.1, 0.15) is 17.2 Å². The van der Waals surface area contributed by atoms with Crippen molar-refractivity contribution in [3.05, 3.63) is 83.7 Å². The van der Waals surface area contributed by atoms with Crippen LogP contribution in [0.2, 0.25) is 0 Å². The zero-order valence-corrected chi connectivity index (χ0v) is 20.1. The first-order valence-corrected chi connectivity index (χ1v) is 11.2. The maximum Gasteiger partial charge on any atom is 0.458 e. The lowest BCUT2D eigenvalue weighted by Gasteiger charge is -2.34. The summed E-state index contributed by atoms with van der Waals surface area (Å²) < 4.78 is 150. The molecule has 0 aliphatic carbocycles. The minimum absolute atomic E-state index is 0.119. The van der Waals surface area contributed by atoms with E-state index in [0.717, 1.165) is 35.4 Å². The van der Waals surface area contributed by atoms with Gasteiger partial charge in [0.2, 0.25) is 0 Å². The molecule has 0 spiro atoms. The van der Waals surface area contributed by atoms with Gasteiger partial charge in [0.25, 0.3) is 0 Å². The molecule has 4 nitrogen and oxygen atoms in total. The molecule has 0 aliphatic rings. The summed E-state index contributed by atoms with van der Waals surface area (Å²) in [5, 5.41) is 9.73. The highest BCUT2D eigenvalue weighted by Crippen LogP contribution is 2.45. The van der Waals surface area contributed by atoms with Crippen LogP contribution in [-0.2, 0) is 12.1 Å². The van der Waals surface area contributed by atoms with E-state index in [1.807, 2.05) is 0 Å². The van der Waals surface area contributed by atoms with Gasteiger partial charge in [-0.05, 0) is 36.8 Å². The second-order valence-electron chi connectivity index (χ2n) is 8.56. The number of aliphatic hydroxyl groups is 1. The largest absolute Gasteiger partial charge is 0.458 e. The number of aliphatic hydroxyl groups excluding tert-OH is 1. The van der Waals surface area contributed by atoms with Crippen molar-refractivity contribution in [2.75, 3.05) is 11.4 Å². The summed E-state index contributed by atoms with van der Waals surface area (Å²) >= 11 is 0. The Morgan fingerprint density at radius 2 is 1.45 bits per heavy atom. The van der Waals surface area contributed by atoms with Gasteiger partial charge in [-0.1, -0.05) is 24.3 Å². The molecule has 1 aromatic heterocycles. The molecule has 0 amide bonds. The fraction of sp³-hybridized carbons (Fsp3) is 0.320. The van der Waals surface area contributed by atoms with E-state index in [9.17, 15) is 53.4 Å². The third-order valence-corrected chi connectivity index (χ3v) is 5.71. The van der Waals surface area contributed by atoms with E-state index in [0.29, 0.717) is 18.2 Å². The van der Waals surface area contributed by atoms with Crippen LogP contribution in [0.5, 0.6) is 11.5 Å². The van der Waals surface area contributed by atoms with Gasteiger partial charge in [0.05, 0.1) is 12.6 Å². The predicted molar refractivity (Wildman–Crippen MR) is 120 cm³/mol. The number of aromatic nitrogens is 1. The third kappa shape index (κ3) is 7.11. The number of alkyl halides is 11. The smallest absolute Gasteiger partial charge is 0.457 e. The van der Waals surface area contributed by atoms with Crippen LogP contribution in [0.1, 0.15) is 29.8 Å². The molecule has 40 heavy (non-hydrogen) atoms. The number of ether oxygens (including phenoxy) is 1. The summed E-state index contributed by atoms with van der Waals surface area (Å²) in [4.78, 5) is 4.06. The van der Waals surface area contributed by atoms with Crippen LogP contribution in [-0.4, -0.2) is 35.1 Å². The van der Waals surface area contributed by atoms with Crippen molar-refractivity contribution in [1.82, 2.24) is 4.98 Å². The van der Waals surface area contributed by atoms with Crippen LogP contribution in [0.3, 0.4) is 0 Å². The van der Waals surface area contributed by atoms with Gasteiger partial charge in [0, 0.05) is 29.6 Å². The van der Waals surface area contributed by atoms with E-state index in [1.54, 1.807) is 0 Å². The van der Waals surface area contributed by atoms with Gasteiger partial charge < -0.3 is 14.7 Å². The van der Waals surface area contributed by atoms with Crippen molar-refractivity contribution in [2.45, 2.75) is 43.5 Å². The molecule has 218 valence electrons. The highest BCUT2D eigenvalue weighted by Gasteiger charge is 2.58. The van der Waals surface area contributed by atoms with Crippen molar-refractivity contribution >= 4 is 5.69 Å². The normalized spacial score (nSPS) is 14.5. The standard InChI is InChI=1S/C25H19F11N2O2/c1-14(15-4-2-5-16(10-15)22(26,27)25(34,35)36)38(13-21(39)24(31,32)33)17-6-3-7-18(11-17)40-19-8-9-37-20(12-19)23(28,29)30/h2-12,14,21,39H,13H2,1H3/t14?,21-/m1/s1. The van der Waals surface area contributed by atoms with Crippen LogP contribution >= 0.6 is 0 Å². The van der Waals surface area contributed by atoms with Gasteiger partial charge >= 0.3 is 24.5 Å². The lowest BCUT2D eigenvalue weighted by Crippen LogP contribution is -2.42. The molecule has 0 bridgehead atoms. The lowest BCUT2D eigenvalue weighted by molar-refractivity contribution is -0.289. The second kappa shape index (κ2) is 11.1. The Hall–Kier alpha value is -3.62. The van der Waals surface area contributed by atoms with Crippen molar-refractivity contribution in [1.29, 1.82) is 0 Å². The second-order valence-corrected chi connectivity index (χ2v) is 8.56. The first-order chi connectivity index (χ1) is 18.3. The van der Waals surface area contributed by atoms with Crippen molar-refractivity contribution in [2.24, 2.45) is 0 Å². The van der Waals surface area contributed by atoms with Crippen molar-refractivity contribution < 1.29 is 58.1 Å². The van der Waals surface area contributed by atoms with E-state index < -0.39 is 54.4 Å². The summed E-state index contributed by atoms with van der Waals surface area (Å²) in [7, 11) is 0. The molecule has 0 fully saturated rings. The fourth-order valence-corrected chi connectivity index (χ4v) is 3.61. The molecule has 0 saturated carbocycles. The molecule has 15 heteroatoms. The molecular weight excluding hydrogens is 569 g/mol. The average Bonchev–Trinajstić information content (AvgIpc) is 2.85. The van der Waals surface area contributed by atoms with Crippen molar-refractivity contribution in [3.8, 4) is 11.5 Å². The van der Waals surface area contributed by atoms with Gasteiger partial charge in [0.15, 0.2) is 6.10 Å². The van der Waals surface area contributed by atoms with Gasteiger partial charge in [-0.3, -0.25) is 4.98 Å². The Balaban J connectivity index is 2.01. The Morgan fingerprint density at radius 1 is 0.825 bits per heavy atom. The summed E-state index contributed by atoms with van der Waals surface area (Å²) in [6.45, 7) is 0.0292. The number of pyridine rings is 1. The minimum atomic E-state index is -5.94. The summed E-state index contributed by atoms with van der Waals surface area (Å²) in [6.07, 6.45) is -18.0. The highest BCUT2D eigenvalue weighted by molar-refractivity contribution is 5.54. The van der Waals surface area contributed by atoms with E-state index >= 15 is 0 Å². The Morgan fingerprint density at radius 3 is 2.05 bits per heavy atom. The summed E-state index contributed by atoms with van der Waals surface area (Å²) in [5.74, 6) is -5.74. The van der Waals surface area contributed by atoms with E-state index in [-0.39, 0.29) is 22.7 Å². The third-order valence-electron chi connectivity index (χ3n) is 5.71. The maximum absolute atomic E-state index is 13.9. The van der Waals surface area contributed by atoms with E-state index in [2.05, 4.69) is 4.98 Å². The number of hydrogen-bond donors (Lipinski definition) is 1. The number of halogens is 11. The molecule has 1 unspecified atom stereocenters. The van der Waals surface area contributed by atoms with Crippen molar-refractivity contribution in [3.63, 3.8) is 0 Å².